The molecule has 8 nitrogen and oxygen atoms in total. The second kappa shape index (κ2) is 9.95. The molecule has 1 aliphatic heterocycles. The molecular formula is C25H24BrF2N7O. The Morgan fingerprint density at radius 3 is 2.58 bits per heavy atom. The van der Waals surface area contributed by atoms with E-state index in [9.17, 15) is 8.78 Å². The Kier molecular flexibility index (Phi) is 6.73. The van der Waals surface area contributed by atoms with Crippen LogP contribution in [-0.2, 0) is 11.2 Å². The number of anilines is 2. The van der Waals surface area contributed by atoms with Gasteiger partial charge in [0.1, 0.15) is 0 Å². The molecule has 0 bridgehead atoms. The standard InChI is InChI=1S/C25H24BrF2N7O/c1-25(2,15-16-7-3-4-8-17(16)26)33-22-30-23(34-11-13-36-14-12-34)32-24(31-22)35-19-10-6-5-9-18(19)29-21(35)20(27)28/h3,5-7,9-10,20H,11-15H2,1-2H3,(H,30,31,32,33). The fourth-order valence-electron chi connectivity index (χ4n) is 4.18. The summed E-state index contributed by atoms with van der Waals surface area (Å²) in [6.07, 6.45) is -2.18. The minimum atomic E-state index is -2.81. The molecule has 0 radical (unpaired) electrons. The van der Waals surface area contributed by atoms with Crippen molar-refractivity contribution in [3.8, 4) is 5.95 Å². The van der Waals surface area contributed by atoms with E-state index < -0.39 is 17.8 Å². The van der Waals surface area contributed by atoms with Crippen LogP contribution in [0.2, 0.25) is 0 Å². The highest BCUT2D eigenvalue weighted by molar-refractivity contribution is 9.10. The van der Waals surface area contributed by atoms with Crippen molar-refractivity contribution in [1.82, 2.24) is 24.5 Å². The largest absolute Gasteiger partial charge is 0.378 e. The maximum Gasteiger partial charge on any atom is 0.296 e. The van der Waals surface area contributed by atoms with Crippen molar-refractivity contribution in [3.63, 3.8) is 0 Å². The zero-order valence-electron chi connectivity index (χ0n) is 19.8. The highest BCUT2D eigenvalue weighted by Crippen LogP contribution is 2.29. The summed E-state index contributed by atoms with van der Waals surface area (Å²) in [5.41, 5.74) is 1.49. The Balaban J connectivity index is 1.59. The smallest absolute Gasteiger partial charge is 0.296 e. The van der Waals surface area contributed by atoms with E-state index in [1.807, 2.05) is 30.9 Å². The summed E-state index contributed by atoms with van der Waals surface area (Å²) in [6.45, 7) is 6.27. The van der Waals surface area contributed by atoms with E-state index in [0.717, 1.165) is 10.0 Å². The van der Waals surface area contributed by atoms with Crippen LogP contribution in [0.5, 0.6) is 0 Å². The lowest BCUT2D eigenvalue weighted by Crippen LogP contribution is -2.39. The maximum atomic E-state index is 14.1. The van der Waals surface area contributed by atoms with Gasteiger partial charge in [-0.2, -0.15) is 15.0 Å². The molecule has 0 spiro atoms. The van der Waals surface area contributed by atoms with Gasteiger partial charge in [-0.3, -0.25) is 4.57 Å². The van der Waals surface area contributed by atoms with Gasteiger partial charge in [0.05, 0.1) is 28.7 Å². The molecule has 1 saturated heterocycles. The number of aromatic nitrogens is 5. The third-order valence-electron chi connectivity index (χ3n) is 5.80. The molecule has 0 saturated carbocycles. The molecule has 186 valence electrons. The second-order valence-corrected chi connectivity index (χ2v) is 9.87. The van der Waals surface area contributed by atoms with E-state index in [1.54, 1.807) is 24.3 Å². The first-order chi connectivity index (χ1) is 17.3. The Labute approximate surface area is 215 Å². The fourth-order valence-corrected chi connectivity index (χ4v) is 4.56. The number of halogens is 3. The van der Waals surface area contributed by atoms with Gasteiger partial charge in [0.25, 0.3) is 6.43 Å². The maximum absolute atomic E-state index is 14.1. The van der Waals surface area contributed by atoms with Crippen LogP contribution in [0.4, 0.5) is 20.7 Å². The van der Waals surface area contributed by atoms with Crippen molar-refractivity contribution in [1.29, 1.82) is 0 Å². The Morgan fingerprint density at radius 2 is 1.83 bits per heavy atom. The van der Waals surface area contributed by atoms with Crippen LogP contribution in [-0.4, -0.2) is 56.3 Å². The molecule has 1 N–H and O–H groups in total. The molecule has 3 heterocycles. The predicted molar refractivity (Wildman–Crippen MR) is 136 cm³/mol. The van der Waals surface area contributed by atoms with Crippen LogP contribution in [0.15, 0.2) is 40.9 Å². The van der Waals surface area contributed by atoms with Crippen LogP contribution in [0, 0.1) is 12.1 Å². The number of nitrogens with zero attached hydrogens (tertiary/aromatic N) is 6. The van der Waals surface area contributed by atoms with E-state index in [0.29, 0.717) is 49.7 Å². The molecule has 0 unspecified atom stereocenters. The first-order valence-electron chi connectivity index (χ1n) is 11.5. The number of benzene rings is 1. The van der Waals surface area contributed by atoms with E-state index in [-0.39, 0.29) is 11.9 Å². The molecule has 36 heavy (non-hydrogen) atoms. The molecule has 0 atom stereocenters. The first kappa shape index (κ1) is 24.3. The number of morpholine rings is 1. The van der Waals surface area contributed by atoms with Crippen molar-refractivity contribution in [2.45, 2.75) is 32.2 Å². The van der Waals surface area contributed by atoms with Crippen molar-refractivity contribution in [2.24, 2.45) is 0 Å². The number of alkyl halides is 2. The van der Waals surface area contributed by atoms with Crippen LogP contribution in [0.25, 0.3) is 17.0 Å². The van der Waals surface area contributed by atoms with Crippen LogP contribution >= 0.6 is 15.9 Å². The lowest BCUT2D eigenvalue weighted by atomic mass is 9.95. The van der Waals surface area contributed by atoms with E-state index >= 15 is 0 Å². The van der Waals surface area contributed by atoms with Crippen molar-refractivity contribution < 1.29 is 13.5 Å². The Hall–Kier alpha value is -3.36. The number of nitrogens with one attached hydrogen (secondary N) is 1. The summed E-state index contributed by atoms with van der Waals surface area (Å²) >= 11 is 3.52. The molecule has 4 aromatic rings. The van der Waals surface area contributed by atoms with Crippen LogP contribution in [0.1, 0.15) is 31.7 Å². The van der Waals surface area contributed by atoms with Gasteiger partial charge in [0, 0.05) is 18.6 Å². The molecule has 0 amide bonds. The van der Waals surface area contributed by atoms with Gasteiger partial charge in [-0.25, -0.2) is 13.8 Å². The summed E-state index contributed by atoms with van der Waals surface area (Å²) < 4.78 is 35.7. The van der Waals surface area contributed by atoms with Crippen LogP contribution in [0.3, 0.4) is 0 Å². The average Bonchev–Trinajstić information content (AvgIpc) is 3.26. The molecule has 2 aromatic heterocycles. The van der Waals surface area contributed by atoms with Crippen molar-refractivity contribution in [3.05, 3.63) is 64.4 Å². The number of rotatable bonds is 7. The van der Waals surface area contributed by atoms with E-state index in [1.165, 1.54) is 4.57 Å². The number of imidazole rings is 1. The quantitative estimate of drug-likeness (QED) is 0.351. The zero-order chi connectivity index (χ0) is 25.3. The van der Waals surface area contributed by atoms with Crippen molar-refractivity contribution >= 4 is 38.9 Å². The molecule has 11 heteroatoms. The van der Waals surface area contributed by atoms with E-state index in [4.69, 9.17) is 4.74 Å². The fraction of sp³-hybridized carbons (Fsp3) is 0.360. The average molecular weight is 556 g/mol. The van der Waals surface area contributed by atoms with Gasteiger partial charge in [0.2, 0.25) is 17.8 Å². The lowest BCUT2D eigenvalue weighted by Gasteiger charge is -2.29. The number of fused-ring (bicyclic) bond motifs is 1. The number of hydrogen-bond acceptors (Lipinski definition) is 7. The number of hydrogen-bond donors (Lipinski definition) is 1. The summed E-state index contributed by atoms with van der Waals surface area (Å²) in [5, 5.41) is 3.39. The normalized spacial score (nSPS) is 14.3. The minimum Gasteiger partial charge on any atom is -0.378 e. The zero-order valence-corrected chi connectivity index (χ0v) is 21.4. The monoisotopic (exact) mass is 555 g/mol. The first-order valence-corrected chi connectivity index (χ1v) is 12.3. The topological polar surface area (TPSA) is 81.0 Å². The van der Waals surface area contributed by atoms with Gasteiger partial charge >= 0.3 is 0 Å². The summed E-state index contributed by atoms with van der Waals surface area (Å²) in [4.78, 5) is 20.0. The molecule has 0 aliphatic carbocycles. The van der Waals surface area contributed by atoms with Crippen LogP contribution < -0.4 is 10.2 Å². The molecule has 2 aromatic carbocycles. The summed E-state index contributed by atoms with van der Waals surface area (Å²) in [5.74, 6) is 0.341. The number of para-hydroxylation sites is 2. The third-order valence-corrected chi connectivity index (χ3v) is 6.51. The lowest BCUT2D eigenvalue weighted by molar-refractivity contribution is 0.122. The van der Waals surface area contributed by atoms with Gasteiger partial charge in [0.15, 0.2) is 5.82 Å². The summed E-state index contributed by atoms with van der Waals surface area (Å²) in [6, 6.07) is 16.7. The predicted octanol–water partition coefficient (Wildman–Crippen LogP) is 4.78. The highest BCUT2D eigenvalue weighted by Gasteiger charge is 2.26. The molecule has 5 rings (SSSR count). The molecule has 1 fully saturated rings. The summed E-state index contributed by atoms with van der Waals surface area (Å²) in [7, 11) is 0. The Morgan fingerprint density at radius 1 is 1.08 bits per heavy atom. The van der Waals surface area contributed by atoms with E-state index in [2.05, 4.69) is 53.3 Å². The van der Waals surface area contributed by atoms with Crippen molar-refractivity contribution in [2.75, 3.05) is 36.5 Å². The molecule has 1 aliphatic rings. The van der Waals surface area contributed by atoms with Gasteiger partial charge in [-0.15, -0.1) is 0 Å². The number of ether oxygens (including phenoxy) is 1. The third kappa shape index (κ3) is 5.10. The van der Waals surface area contributed by atoms with Gasteiger partial charge in [-0.05, 0) is 66.0 Å². The second-order valence-electron chi connectivity index (χ2n) is 9.08. The highest BCUT2D eigenvalue weighted by atomic mass is 79.9. The molecular weight excluding hydrogens is 532 g/mol. The van der Waals surface area contributed by atoms with Gasteiger partial charge < -0.3 is 15.0 Å². The van der Waals surface area contributed by atoms with Gasteiger partial charge in [-0.1, -0.05) is 24.3 Å². The SMILES string of the molecule is CC(C)(Cc1ccc#cc1Br)Nc1nc(N2CCOCC2)nc(-n2c(C(F)F)nc3ccccc32)n1. The Bertz CT molecular complexity index is 1370. The minimum absolute atomic E-state index is 0.0811.